The summed E-state index contributed by atoms with van der Waals surface area (Å²) in [6.45, 7) is 5.08. The third kappa shape index (κ3) is 3.35. The van der Waals surface area contributed by atoms with Crippen LogP contribution in [0, 0.1) is 19.8 Å². The van der Waals surface area contributed by atoms with Crippen molar-refractivity contribution in [3.63, 3.8) is 0 Å². The van der Waals surface area contributed by atoms with Crippen molar-refractivity contribution >= 4 is 17.5 Å². The number of hydrogen-bond acceptors (Lipinski definition) is 3. The number of carbonyl (C=O) groups is 2. The summed E-state index contributed by atoms with van der Waals surface area (Å²) in [5, 5.41) is 0. The Kier molecular flexibility index (Phi) is 4.58. The van der Waals surface area contributed by atoms with E-state index in [0.29, 0.717) is 25.3 Å². The molecule has 2 aromatic heterocycles. The average Bonchev–Trinajstić information content (AvgIpc) is 3.00. The minimum atomic E-state index is -0.700. The highest BCUT2D eigenvalue weighted by Crippen LogP contribution is 2.17. The van der Waals surface area contributed by atoms with Gasteiger partial charge in [0, 0.05) is 25.8 Å². The highest BCUT2D eigenvalue weighted by molar-refractivity contribution is 5.96. The van der Waals surface area contributed by atoms with Gasteiger partial charge in [-0.2, -0.15) is 4.39 Å². The van der Waals surface area contributed by atoms with Crippen LogP contribution in [0.1, 0.15) is 27.2 Å². The smallest absolute Gasteiger partial charge is 0.277 e. The molecular weight excluding hydrogens is 359 g/mol. The molecule has 1 fully saturated rings. The molecule has 0 saturated carbocycles. The summed E-state index contributed by atoms with van der Waals surface area (Å²) < 4.78 is 15.9. The van der Waals surface area contributed by atoms with Crippen LogP contribution in [0.2, 0.25) is 0 Å². The standard InChI is InChI=1S/C21H21FN4O2/c1-14-3-5-16(6-4-14)12-24-9-10-25(13-18(24)27)21(28)19-20(22)26-8-7-15(2)11-17(26)23-19/h3-8,11H,9-10,12-13H2,1-2H3. The van der Waals surface area contributed by atoms with E-state index in [2.05, 4.69) is 4.98 Å². The number of amides is 2. The third-order valence-electron chi connectivity index (χ3n) is 5.03. The molecule has 28 heavy (non-hydrogen) atoms. The Bertz CT molecular complexity index is 1060. The Hall–Kier alpha value is -3.22. The number of piperazine rings is 1. The average molecular weight is 380 g/mol. The zero-order chi connectivity index (χ0) is 19.8. The number of hydrogen-bond donors (Lipinski definition) is 0. The molecule has 7 heteroatoms. The molecule has 0 unspecified atom stereocenters. The third-order valence-corrected chi connectivity index (χ3v) is 5.03. The number of imidazole rings is 1. The molecule has 1 aromatic carbocycles. The van der Waals surface area contributed by atoms with Gasteiger partial charge < -0.3 is 9.80 Å². The van der Waals surface area contributed by atoms with Gasteiger partial charge in [0.1, 0.15) is 12.2 Å². The molecule has 144 valence electrons. The van der Waals surface area contributed by atoms with E-state index in [-0.39, 0.29) is 18.1 Å². The second-order valence-corrected chi connectivity index (χ2v) is 7.21. The van der Waals surface area contributed by atoms with Crippen LogP contribution in [0.15, 0.2) is 42.6 Å². The Morgan fingerprint density at radius 1 is 1.11 bits per heavy atom. The fourth-order valence-electron chi connectivity index (χ4n) is 3.37. The van der Waals surface area contributed by atoms with Crippen molar-refractivity contribution in [3.05, 3.63) is 70.9 Å². The van der Waals surface area contributed by atoms with Crippen LogP contribution in [0.5, 0.6) is 0 Å². The van der Waals surface area contributed by atoms with Crippen molar-refractivity contribution in [2.24, 2.45) is 0 Å². The lowest BCUT2D eigenvalue weighted by molar-refractivity contribution is -0.135. The summed E-state index contributed by atoms with van der Waals surface area (Å²) in [5.74, 6) is -1.41. The molecule has 0 bridgehead atoms. The Morgan fingerprint density at radius 2 is 1.86 bits per heavy atom. The highest BCUT2D eigenvalue weighted by Gasteiger charge is 2.31. The van der Waals surface area contributed by atoms with Crippen LogP contribution in [0.25, 0.3) is 5.65 Å². The van der Waals surface area contributed by atoms with Crippen molar-refractivity contribution in [3.8, 4) is 0 Å². The largest absolute Gasteiger partial charge is 0.335 e. The molecule has 0 atom stereocenters. The van der Waals surface area contributed by atoms with E-state index in [1.54, 1.807) is 23.2 Å². The molecule has 6 nitrogen and oxygen atoms in total. The summed E-state index contributed by atoms with van der Waals surface area (Å²) >= 11 is 0. The topological polar surface area (TPSA) is 57.9 Å². The van der Waals surface area contributed by atoms with E-state index < -0.39 is 11.9 Å². The monoisotopic (exact) mass is 380 g/mol. The molecule has 0 aliphatic carbocycles. The number of carbonyl (C=O) groups excluding carboxylic acids is 2. The second-order valence-electron chi connectivity index (χ2n) is 7.21. The van der Waals surface area contributed by atoms with Gasteiger partial charge in [-0.05, 0) is 37.1 Å². The van der Waals surface area contributed by atoms with Gasteiger partial charge in [0.2, 0.25) is 11.9 Å². The summed E-state index contributed by atoms with van der Waals surface area (Å²) in [6, 6.07) is 11.5. The first-order chi connectivity index (χ1) is 13.4. The summed E-state index contributed by atoms with van der Waals surface area (Å²) in [4.78, 5) is 32.5. The lowest BCUT2D eigenvalue weighted by Crippen LogP contribution is -2.52. The molecule has 3 heterocycles. The Balaban J connectivity index is 1.48. The van der Waals surface area contributed by atoms with Crippen molar-refractivity contribution in [1.82, 2.24) is 19.2 Å². The Labute approximate surface area is 162 Å². The summed E-state index contributed by atoms with van der Waals surface area (Å²) in [6.07, 6.45) is 1.55. The molecule has 2 amide bonds. The number of pyridine rings is 1. The van der Waals surface area contributed by atoms with Gasteiger partial charge in [0.15, 0.2) is 5.69 Å². The zero-order valence-corrected chi connectivity index (χ0v) is 15.9. The zero-order valence-electron chi connectivity index (χ0n) is 15.9. The number of nitrogens with zero attached hydrogens (tertiary/aromatic N) is 4. The van der Waals surface area contributed by atoms with Crippen molar-refractivity contribution in [2.45, 2.75) is 20.4 Å². The number of halogens is 1. The number of rotatable bonds is 3. The maximum Gasteiger partial charge on any atom is 0.277 e. The normalized spacial score (nSPS) is 14.8. The quantitative estimate of drug-likeness (QED) is 0.702. The van der Waals surface area contributed by atoms with Crippen molar-refractivity contribution in [2.75, 3.05) is 19.6 Å². The van der Waals surface area contributed by atoms with Gasteiger partial charge >= 0.3 is 0 Å². The van der Waals surface area contributed by atoms with Crippen molar-refractivity contribution < 1.29 is 14.0 Å². The van der Waals surface area contributed by atoms with E-state index in [9.17, 15) is 14.0 Å². The van der Waals surface area contributed by atoms with Gasteiger partial charge in [0.05, 0.1) is 0 Å². The molecule has 0 spiro atoms. The van der Waals surface area contributed by atoms with E-state index in [4.69, 9.17) is 0 Å². The number of aryl methyl sites for hydroxylation is 2. The van der Waals surface area contributed by atoms with Crippen molar-refractivity contribution in [1.29, 1.82) is 0 Å². The van der Waals surface area contributed by atoms with Gasteiger partial charge in [-0.15, -0.1) is 0 Å². The van der Waals surface area contributed by atoms with Crippen LogP contribution >= 0.6 is 0 Å². The van der Waals surface area contributed by atoms with E-state index in [1.165, 1.54) is 9.30 Å². The van der Waals surface area contributed by atoms with Gasteiger partial charge in [0.25, 0.3) is 5.91 Å². The lowest BCUT2D eigenvalue weighted by Gasteiger charge is -2.34. The SMILES string of the molecule is Cc1ccc(CN2CCN(C(=O)c3nc4cc(C)ccn4c3F)CC2=O)cc1. The number of fused-ring (bicyclic) bond motifs is 1. The highest BCUT2D eigenvalue weighted by atomic mass is 19.1. The first-order valence-electron chi connectivity index (χ1n) is 9.19. The molecule has 1 saturated heterocycles. The van der Waals surface area contributed by atoms with Crippen LogP contribution in [0.4, 0.5) is 4.39 Å². The molecule has 4 rings (SSSR count). The molecule has 0 N–H and O–H groups in total. The molecule has 0 radical (unpaired) electrons. The summed E-state index contributed by atoms with van der Waals surface area (Å²) in [5.41, 5.74) is 3.27. The number of aromatic nitrogens is 2. The lowest BCUT2D eigenvalue weighted by atomic mass is 10.1. The second kappa shape index (κ2) is 7.07. The van der Waals surface area contributed by atoms with Gasteiger partial charge in [-0.1, -0.05) is 29.8 Å². The fourth-order valence-corrected chi connectivity index (χ4v) is 3.37. The number of benzene rings is 1. The fraction of sp³-hybridized carbons (Fsp3) is 0.286. The van der Waals surface area contributed by atoms with E-state index in [1.807, 2.05) is 38.1 Å². The first kappa shape index (κ1) is 18.2. The molecule has 3 aromatic rings. The van der Waals surface area contributed by atoms with Crippen LogP contribution in [0.3, 0.4) is 0 Å². The minimum Gasteiger partial charge on any atom is -0.335 e. The Morgan fingerprint density at radius 3 is 2.57 bits per heavy atom. The van der Waals surface area contributed by atoms with E-state index in [0.717, 1.165) is 16.7 Å². The maximum atomic E-state index is 14.6. The van der Waals surface area contributed by atoms with Gasteiger partial charge in [-0.25, -0.2) is 4.98 Å². The predicted molar refractivity (Wildman–Crippen MR) is 102 cm³/mol. The predicted octanol–water partition coefficient (Wildman–Crippen LogP) is 2.57. The maximum absolute atomic E-state index is 14.6. The summed E-state index contributed by atoms with van der Waals surface area (Å²) in [7, 11) is 0. The molecular formula is C21H21FN4O2. The van der Waals surface area contributed by atoms with E-state index >= 15 is 0 Å². The van der Waals surface area contributed by atoms with Crippen LogP contribution in [-0.2, 0) is 11.3 Å². The molecule has 1 aliphatic heterocycles. The first-order valence-corrected chi connectivity index (χ1v) is 9.19. The minimum absolute atomic E-state index is 0.0724. The van der Waals surface area contributed by atoms with Crippen LogP contribution in [-0.4, -0.2) is 50.6 Å². The molecule has 1 aliphatic rings. The van der Waals surface area contributed by atoms with Crippen LogP contribution < -0.4 is 0 Å². The van der Waals surface area contributed by atoms with Gasteiger partial charge in [-0.3, -0.25) is 14.0 Å².